The van der Waals surface area contributed by atoms with Gasteiger partial charge in [-0.05, 0) is 34.9 Å². The molecular weight excluding hydrogens is 438 g/mol. The summed E-state index contributed by atoms with van der Waals surface area (Å²) in [5.74, 6) is 1.69. The molecule has 1 saturated heterocycles. The van der Waals surface area contributed by atoms with Gasteiger partial charge in [0.15, 0.2) is 0 Å². The van der Waals surface area contributed by atoms with E-state index in [1.807, 2.05) is 49.5 Å². The van der Waals surface area contributed by atoms with Crippen molar-refractivity contribution in [3.63, 3.8) is 0 Å². The molecule has 5 rings (SSSR count). The third kappa shape index (κ3) is 4.21. The second-order valence-corrected chi connectivity index (χ2v) is 10.7. The van der Waals surface area contributed by atoms with Crippen LogP contribution in [0.1, 0.15) is 21.7 Å². The summed E-state index contributed by atoms with van der Waals surface area (Å²) < 4.78 is 31.2. The topological polar surface area (TPSA) is 74.1 Å². The zero-order valence-corrected chi connectivity index (χ0v) is 19.6. The molecule has 8 heteroatoms. The van der Waals surface area contributed by atoms with E-state index in [1.54, 1.807) is 4.90 Å². The van der Waals surface area contributed by atoms with Crippen molar-refractivity contribution in [2.24, 2.45) is 0 Å². The second kappa shape index (κ2) is 8.44. The summed E-state index contributed by atoms with van der Waals surface area (Å²) in [4.78, 5) is 16.4. The Labute approximate surface area is 194 Å². The van der Waals surface area contributed by atoms with Crippen LogP contribution in [0.2, 0.25) is 0 Å². The van der Waals surface area contributed by atoms with Crippen LogP contribution in [-0.4, -0.2) is 67.9 Å². The van der Waals surface area contributed by atoms with Gasteiger partial charge in [-0.1, -0.05) is 36.4 Å². The number of furan rings is 1. The highest BCUT2D eigenvalue weighted by molar-refractivity contribution is 7.88. The number of benzene rings is 2. The number of carbonyl (C=O) groups is 1. The van der Waals surface area contributed by atoms with E-state index in [-0.39, 0.29) is 5.91 Å². The summed E-state index contributed by atoms with van der Waals surface area (Å²) in [6.45, 7) is 3.60. The zero-order chi connectivity index (χ0) is 23.2. The number of nitrogens with zero attached hydrogens (tertiary/aromatic N) is 3. The van der Waals surface area contributed by atoms with Gasteiger partial charge in [-0.2, -0.15) is 4.31 Å². The Hall–Kier alpha value is -2.94. The molecule has 1 aromatic heterocycles. The number of hydrogen-bond donors (Lipinski definition) is 0. The maximum atomic E-state index is 12.5. The van der Waals surface area contributed by atoms with Gasteiger partial charge >= 0.3 is 0 Å². The summed E-state index contributed by atoms with van der Waals surface area (Å²) in [5.41, 5.74) is 4.89. The molecule has 3 heterocycles. The number of carbonyl (C=O) groups excluding carboxylic acids is 1. The first-order valence-electron chi connectivity index (χ1n) is 11.0. The maximum Gasteiger partial charge on any atom is 0.254 e. The van der Waals surface area contributed by atoms with Crippen LogP contribution >= 0.6 is 0 Å². The van der Waals surface area contributed by atoms with E-state index >= 15 is 0 Å². The van der Waals surface area contributed by atoms with Crippen molar-refractivity contribution >= 4 is 15.9 Å². The average molecular weight is 466 g/mol. The molecule has 0 spiro atoms. The molecule has 0 N–H and O–H groups in total. The minimum absolute atomic E-state index is 0.0561. The standard InChI is InChI=1S/C25H27N3O4S/c1-26-17-23-20(8-5-9-22(23)25(26)29)19-6-3-4-7-21(19)24-11-10-18(32-24)16-27-12-14-28(15-13-27)33(2,30)31/h3-11H,12-17H2,1-2H3. The minimum Gasteiger partial charge on any atom is -0.460 e. The van der Waals surface area contributed by atoms with E-state index in [4.69, 9.17) is 4.42 Å². The Kier molecular flexibility index (Phi) is 5.60. The van der Waals surface area contributed by atoms with Gasteiger partial charge in [0, 0.05) is 50.9 Å². The monoisotopic (exact) mass is 465 g/mol. The van der Waals surface area contributed by atoms with Crippen LogP contribution in [0.5, 0.6) is 0 Å². The molecule has 2 aromatic carbocycles. The van der Waals surface area contributed by atoms with Crippen LogP contribution in [0.4, 0.5) is 0 Å². The first-order valence-corrected chi connectivity index (χ1v) is 12.9. The predicted molar refractivity (Wildman–Crippen MR) is 127 cm³/mol. The fourth-order valence-corrected chi connectivity index (χ4v) is 5.53. The Bertz CT molecular complexity index is 1310. The summed E-state index contributed by atoms with van der Waals surface area (Å²) in [6, 6.07) is 18.0. The van der Waals surface area contributed by atoms with Gasteiger partial charge in [0.25, 0.3) is 5.91 Å². The first kappa shape index (κ1) is 21.9. The lowest BCUT2D eigenvalue weighted by molar-refractivity contribution is 0.0816. The van der Waals surface area contributed by atoms with Crippen LogP contribution in [0.15, 0.2) is 59.0 Å². The number of amides is 1. The van der Waals surface area contributed by atoms with E-state index in [0.717, 1.165) is 39.3 Å². The van der Waals surface area contributed by atoms with Gasteiger partial charge in [-0.25, -0.2) is 8.42 Å². The average Bonchev–Trinajstić information content (AvgIpc) is 3.38. The van der Waals surface area contributed by atoms with E-state index in [9.17, 15) is 13.2 Å². The SMILES string of the molecule is CN1Cc2c(cccc2-c2ccccc2-c2ccc(CN3CCN(S(C)(=O)=O)CC3)o2)C1=O. The van der Waals surface area contributed by atoms with Crippen molar-refractivity contribution in [2.75, 3.05) is 39.5 Å². The van der Waals surface area contributed by atoms with Gasteiger partial charge < -0.3 is 9.32 Å². The number of sulfonamides is 1. The molecule has 0 atom stereocenters. The highest BCUT2D eigenvalue weighted by atomic mass is 32.2. The molecule has 172 valence electrons. The van der Waals surface area contributed by atoms with Crippen molar-refractivity contribution in [2.45, 2.75) is 13.1 Å². The van der Waals surface area contributed by atoms with Gasteiger partial charge in [0.2, 0.25) is 10.0 Å². The maximum absolute atomic E-state index is 12.5. The number of piperazine rings is 1. The second-order valence-electron chi connectivity index (χ2n) is 8.74. The van der Waals surface area contributed by atoms with Gasteiger partial charge in [-0.15, -0.1) is 0 Å². The third-order valence-corrected chi connectivity index (χ3v) is 7.78. The van der Waals surface area contributed by atoms with E-state index in [1.165, 1.54) is 10.6 Å². The Balaban J connectivity index is 1.39. The molecule has 7 nitrogen and oxygen atoms in total. The fourth-order valence-electron chi connectivity index (χ4n) is 4.70. The van der Waals surface area contributed by atoms with Crippen LogP contribution in [0.25, 0.3) is 22.5 Å². The molecule has 0 saturated carbocycles. The molecule has 0 aliphatic carbocycles. The highest BCUT2D eigenvalue weighted by Gasteiger charge is 2.28. The molecule has 33 heavy (non-hydrogen) atoms. The smallest absolute Gasteiger partial charge is 0.254 e. The third-order valence-electron chi connectivity index (χ3n) is 6.47. The zero-order valence-electron chi connectivity index (χ0n) is 18.8. The van der Waals surface area contributed by atoms with E-state index in [0.29, 0.717) is 39.3 Å². The number of rotatable bonds is 5. The van der Waals surface area contributed by atoms with Gasteiger partial charge in [-0.3, -0.25) is 9.69 Å². The largest absolute Gasteiger partial charge is 0.460 e. The van der Waals surface area contributed by atoms with Crippen molar-refractivity contribution < 1.29 is 17.6 Å². The van der Waals surface area contributed by atoms with Gasteiger partial charge in [0.1, 0.15) is 11.5 Å². The van der Waals surface area contributed by atoms with Crippen LogP contribution in [-0.2, 0) is 23.1 Å². The molecule has 0 radical (unpaired) electrons. The summed E-state index contributed by atoms with van der Waals surface area (Å²) in [5, 5.41) is 0. The molecule has 0 unspecified atom stereocenters. The summed E-state index contributed by atoms with van der Waals surface area (Å²) >= 11 is 0. The molecular formula is C25H27N3O4S. The number of fused-ring (bicyclic) bond motifs is 1. The molecule has 2 aliphatic heterocycles. The predicted octanol–water partition coefficient (Wildman–Crippen LogP) is 3.28. The normalized spacial score (nSPS) is 17.5. The van der Waals surface area contributed by atoms with Crippen molar-refractivity contribution in [1.82, 2.24) is 14.1 Å². The van der Waals surface area contributed by atoms with Crippen molar-refractivity contribution in [3.05, 3.63) is 71.5 Å². The Morgan fingerprint density at radius 3 is 2.24 bits per heavy atom. The lowest BCUT2D eigenvalue weighted by atomic mass is 9.92. The first-order chi connectivity index (χ1) is 15.8. The quantitative estimate of drug-likeness (QED) is 0.578. The minimum atomic E-state index is -3.14. The molecule has 1 amide bonds. The van der Waals surface area contributed by atoms with Crippen molar-refractivity contribution in [3.8, 4) is 22.5 Å². The summed E-state index contributed by atoms with van der Waals surface area (Å²) in [6.07, 6.45) is 1.26. The molecule has 1 fully saturated rings. The van der Waals surface area contributed by atoms with E-state index in [2.05, 4.69) is 17.0 Å². The van der Waals surface area contributed by atoms with Crippen LogP contribution in [0, 0.1) is 0 Å². The van der Waals surface area contributed by atoms with Crippen LogP contribution in [0.3, 0.4) is 0 Å². The summed E-state index contributed by atoms with van der Waals surface area (Å²) in [7, 11) is -1.31. The lowest BCUT2D eigenvalue weighted by Gasteiger charge is -2.32. The Morgan fingerprint density at radius 2 is 1.52 bits per heavy atom. The van der Waals surface area contributed by atoms with Gasteiger partial charge in [0.05, 0.1) is 12.8 Å². The molecule has 3 aromatic rings. The van der Waals surface area contributed by atoms with E-state index < -0.39 is 10.0 Å². The van der Waals surface area contributed by atoms with Crippen LogP contribution < -0.4 is 0 Å². The molecule has 2 aliphatic rings. The van der Waals surface area contributed by atoms with Crippen molar-refractivity contribution in [1.29, 1.82) is 0 Å². The number of hydrogen-bond acceptors (Lipinski definition) is 5. The lowest BCUT2D eigenvalue weighted by Crippen LogP contribution is -2.47. The molecule has 0 bridgehead atoms. The Morgan fingerprint density at radius 1 is 0.848 bits per heavy atom. The highest BCUT2D eigenvalue weighted by Crippen LogP contribution is 2.38. The fraction of sp³-hybridized carbons (Fsp3) is 0.320.